The highest BCUT2D eigenvalue weighted by Crippen LogP contribution is 2.18. The van der Waals surface area contributed by atoms with Gasteiger partial charge in [-0.2, -0.15) is 0 Å². The van der Waals surface area contributed by atoms with Crippen LogP contribution in [-0.2, 0) is 4.74 Å². The van der Waals surface area contributed by atoms with E-state index in [1.165, 1.54) is 0 Å². The van der Waals surface area contributed by atoms with Gasteiger partial charge in [0.15, 0.2) is 0 Å². The molecule has 0 bridgehead atoms. The Morgan fingerprint density at radius 3 is 2.63 bits per heavy atom. The highest BCUT2D eigenvalue weighted by Gasteiger charge is 2.14. The van der Waals surface area contributed by atoms with Crippen LogP contribution in [0.2, 0.25) is 0 Å². The summed E-state index contributed by atoms with van der Waals surface area (Å²) in [6.45, 7) is 3.21. The molecule has 1 aromatic heterocycles. The zero-order valence-electron chi connectivity index (χ0n) is 10.7. The number of benzene rings is 1. The fraction of sp³-hybridized carbons (Fsp3) is 0.267. The van der Waals surface area contributed by atoms with Crippen LogP contribution in [0.25, 0.3) is 12.2 Å². The Hall–Kier alpha value is -2.07. The second-order valence-electron chi connectivity index (χ2n) is 4.38. The van der Waals surface area contributed by atoms with E-state index in [2.05, 4.69) is 9.88 Å². The summed E-state index contributed by atoms with van der Waals surface area (Å²) in [5.41, 5.74) is 1.13. The van der Waals surface area contributed by atoms with Crippen LogP contribution in [0, 0.1) is 0 Å². The summed E-state index contributed by atoms with van der Waals surface area (Å²) in [6.07, 6.45) is 5.66. The molecular formula is C15H16N2O2. The van der Waals surface area contributed by atoms with Crippen molar-refractivity contribution in [1.29, 1.82) is 0 Å². The quantitative estimate of drug-likeness (QED) is 0.846. The molecule has 4 heteroatoms. The number of hydrogen-bond acceptors (Lipinski definition) is 4. The van der Waals surface area contributed by atoms with Gasteiger partial charge in [0.25, 0.3) is 0 Å². The molecule has 1 aromatic carbocycles. The van der Waals surface area contributed by atoms with Crippen molar-refractivity contribution in [3.8, 4) is 0 Å². The first-order chi connectivity index (χ1) is 9.42. The fourth-order valence-electron chi connectivity index (χ4n) is 2.02. The third kappa shape index (κ3) is 3.03. The molecule has 0 radical (unpaired) electrons. The van der Waals surface area contributed by atoms with Gasteiger partial charge in [-0.05, 0) is 11.6 Å². The molecule has 4 nitrogen and oxygen atoms in total. The summed E-state index contributed by atoms with van der Waals surface area (Å²) >= 11 is 0. The smallest absolute Gasteiger partial charge is 0.221 e. The van der Waals surface area contributed by atoms with Crippen LogP contribution in [0.3, 0.4) is 0 Å². The van der Waals surface area contributed by atoms with Gasteiger partial charge < -0.3 is 14.1 Å². The molecule has 1 saturated heterocycles. The number of aromatic nitrogens is 1. The second kappa shape index (κ2) is 5.71. The normalized spacial score (nSPS) is 16.1. The Morgan fingerprint density at radius 1 is 1.05 bits per heavy atom. The maximum Gasteiger partial charge on any atom is 0.221 e. The summed E-state index contributed by atoms with van der Waals surface area (Å²) in [5.74, 6) is 1.45. The third-order valence-electron chi connectivity index (χ3n) is 3.05. The van der Waals surface area contributed by atoms with Crippen LogP contribution >= 0.6 is 0 Å². The number of nitrogens with zero attached hydrogens (tertiary/aromatic N) is 2. The van der Waals surface area contributed by atoms with Crippen LogP contribution < -0.4 is 4.90 Å². The van der Waals surface area contributed by atoms with Crippen LogP contribution in [0.1, 0.15) is 11.5 Å². The average molecular weight is 256 g/mol. The first kappa shape index (κ1) is 12.0. The van der Waals surface area contributed by atoms with Gasteiger partial charge in [0.1, 0.15) is 0 Å². The molecular weight excluding hydrogens is 240 g/mol. The highest BCUT2D eigenvalue weighted by atomic mass is 16.5. The molecule has 0 spiro atoms. The lowest BCUT2D eigenvalue weighted by atomic mass is 10.2. The van der Waals surface area contributed by atoms with Gasteiger partial charge in [0.2, 0.25) is 11.8 Å². The molecule has 3 rings (SSSR count). The van der Waals surface area contributed by atoms with E-state index in [1.54, 1.807) is 6.20 Å². The number of hydrogen-bond donors (Lipinski definition) is 0. The second-order valence-corrected chi connectivity index (χ2v) is 4.38. The zero-order valence-corrected chi connectivity index (χ0v) is 10.7. The van der Waals surface area contributed by atoms with Crippen molar-refractivity contribution in [1.82, 2.24) is 4.98 Å². The maximum absolute atomic E-state index is 5.72. The molecule has 1 fully saturated rings. The Kier molecular flexibility index (Phi) is 3.61. The monoisotopic (exact) mass is 256 g/mol. The van der Waals surface area contributed by atoms with Crippen molar-refractivity contribution in [3.63, 3.8) is 0 Å². The molecule has 2 heterocycles. The molecule has 19 heavy (non-hydrogen) atoms. The topological polar surface area (TPSA) is 38.5 Å². The Balaban J connectivity index is 1.69. The molecule has 2 aromatic rings. The van der Waals surface area contributed by atoms with E-state index in [0.717, 1.165) is 37.8 Å². The predicted molar refractivity (Wildman–Crippen MR) is 74.9 cm³/mol. The van der Waals surface area contributed by atoms with Gasteiger partial charge in [-0.25, -0.2) is 4.98 Å². The van der Waals surface area contributed by atoms with Crippen molar-refractivity contribution in [3.05, 3.63) is 48.0 Å². The van der Waals surface area contributed by atoms with Crippen molar-refractivity contribution in [2.75, 3.05) is 31.2 Å². The Bertz CT molecular complexity index is 542. The van der Waals surface area contributed by atoms with Crippen LogP contribution in [0.5, 0.6) is 0 Å². The minimum absolute atomic E-state index is 0.630. The number of ether oxygens (including phenoxy) is 1. The number of oxazole rings is 1. The molecule has 0 unspecified atom stereocenters. The van der Waals surface area contributed by atoms with E-state index in [9.17, 15) is 0 Å². The average Bonchev–Trinajstić information content (AvgIpc) is 2.96. The number of rotatable bonds is 3. The summed E-state index contributed by atoms with van der Waals surface area (Å²) in [4.78, 5) is 6.42. The summed E-state index contributed by atoms with van der Waals surface area (Å²) < 4.78 is 11.0. The summed E-state index contributed by atoms with van der Waals surface area (Å²) in [6, 6.07) is 10.1. The van der Waals surface area contributed by atoms with Crippen LogP contribution in [0.4, 0.5) is 5.88 Å². The van der Waals surface area contributed by atoms with Gasteiger partial charge in [-0.3, -0.25) is 0 Å². The molecule has 0 amide bonds. The largest absolute Gasteiger partial charge is 0.421 e. The predicted octanol–water partition coefficient (Wildman–Crippen LogP) is 2.68. The first-order valence-electron chi connectivity index (χ1n) is 6.43. The van der Waals surface area contributed by atoms with Gasteiger partial charge >= 0.3 is 0 Å². The fourth-order valence-corrected chi connectivity index (χ4v) is 2.02. The molecule has 0 atom stereocenters. The molecule has 0 N–H and O–H groups in total. The number of anilines is 1. The minimum Gasteiger partial charge on any atom is -0.421 e. The van der Waals surface area contributed by atoms with E-state index in [4.69, 9.17) is 9.15 Å². The van der Waals surface area contributed by atoms with Gasteiger partial charge in [0.05, 0.1) is 19.4 Å². The molecule has 1 aliphatic heterocycles. The Labute approximate surface area is 112 Å². The lowest BCUT2D eigenvalue weighted by molar-refractivity contribution is 0.120. The molecule has 98 valence electrons. The first-order valence-corrected chi connectivity index (χ1v) is 6.43. The van der Waals surface area contributed by atoms with Crippen molar-refractivity contribution < 1.29 is 9.15 Å². The van der Waals surface area contributed by atoms with Crippen LogP contribution in [-0.4, -0.2) is 31.3 Å². The highest BCUT2D eigenvalue weighted by molar-refractivity contribution is 5.66. The van der Waals surface area contributed by atoms with Crippen molar-refractivity contribution in [2.45, 2.75) is 0 Å². The summed E-state index contributed by atoms with van der Waals surface area (Å²) in [7, 11) is 0. The number of morpholine rings is 1. The van der Waals surface area contributed by atoms with E-state index >= 15 is 0 Å². The molecule has 0 saturated carbocycles. The third-order valence-corrected chi connectivity index (χ3v) is 3.05. The van der Waals surface area contributed by atoms with Gasteiger partial charge in [-0.15, -0.1) is 0 Å². The minimum atomic E-state index is 0.630. The lowest BCUT2D eigenvalue weighted by Gasteiger charge is -2.25. The van der Waals surface area contributed by atoms with Crippen LogP contribution in [0.15, 0.2) is 40.9 Å². The van der Waals surface area contributed by atoms with Crippen molar-refractivity contribution >= 4 is 18.0 Å². The molecule has 0 aliphatic carbocycles. The standard InChI is InChI=1S/C15H16N2O2/c1-2-4-13(5-3-1)6-7-14-16-12-15(19-14)17-8-10-18-11-9-17/h1-7,12H,8-11H2. The Morgan fingerprint density at radius 2 is 1.84 bits per heavy atom. The zero-order chi connectivity index (χ0) is 12.9. The van der Waals surface area contributed by atoms with Gasteiger partial charge in [0, 0.05) is 19.2 Å². The lowest BCUT2D eigenvalue weighted by Crippen LogP contribution is -2.35. The van der Waals surface area contributed by atoms with E-state index < -0.39 is 0 Å². The SMILES string of the molecule is C(=Cc1ncc(N2CCOCC2)o1)c1ccccc1. The van der Waals surface area contributed by atoms with E-state index in [-0.39, 0.29) is 0 Å². The van der Waals surface area contributed by atoms with E-state index in [0.29, 0.717) is 5.89 Å². The van der Waals surface area contributed by atoms with Gasteiger partial charge in [-0.1, -0.05) is 30.3 Å². The maximum atomic E-state index is 5.72. The molecule has 1 aliphatic rings. The summed E-state index contributed by atoms with van der Waals surface area (Å²) in [5, 5.41) is 0. The van der Waals surface area contributed by atoms with Crippen molar-refractivity contribution in [2.24, 2.45) is 0 Å². The van der Waals surface area contributed by atoms with E-state index in [1.807, 2.05) is 42.5 Å².